The van der Waals surface area contributed by atoms with Gasteiger partial charge in [-0.15, -0.1) is 0 Å². The Bertz CT molecular complexity index is 510. The lowest BCUT2D eigenvalue weighted by molar-refractivity contribution is -0.354. The summed E-state index contributed by atoms with van der Waals surface area (Å²) in [5, 5.41) is 57.4. The van der Waals surface area contributed by atoms with Crippen LogP contribution in [-0.2, 0) is 28.6 Å². The average molecular weight is 352 g/mol. The molecule has 0 aliphatic carbocycles. The van der Waals surface area contributed by atoms with E-state index in [4.69, 9.17) is 19.3 Å². The molecule has 12 nitrogen and oxygen atoms in total. The fourth-order valence-corrected chi connectivity index (χ4v) is 2.43. The van der Waals surface area contributed by atoms with Gasteiger partial charge >= 0.3 is 5.97 Å². The predicted octanol–water partition coefficient (Wildman–Crippen LogP) is -4.89. The first kappa shape index (κ1) is 18.8. The zero-order chi connectivity index (χ0) is 18.2. The molecule has 0 aromatic rings. The SMILES string of the molecule is O=C[C@H]1O[C@H](O[C@]2(C=O)O[C@H](C(=O)O)[C@@H](O)[C@@H]2O)[C@H](O)[C@@H](O)[C@@H]1O. The van der Waals surface area contributed by atoms with Crippen LogP contribution < -0.4 is 0 Å². The number of carbonyl (C=O) groups excluding carboxylic acids is 2. The van der Waals surface area contributed by atoms with Crippen LogP contribution in [0.1, 0.15) is 0 Å². The summed E-state index contributed by atoms with van der Waals surface area (Å²) in [6.07, 6.45) is -15.5. The van der Waals surface area contributed by atoms with Crippen LogP contribution in [0.2, 0.25) is 0 Å². The molecule has 0 aromatic carbocycles. The van der Waals surface area contributed by atoms with Gasteiger partial charge in [0.15, 0.2) is 25.0 Å². The van der Waals surface area contributed by atoms with Crippen molar-refractivity contribution in [3.8, 4) is 0 Å². The van der Waals surface area contributed by atoms with Gasteiger partial charge in [0.05, 0.1) is 0 Å². The first-order valence-corrected chi connectivity index (χ1v) is 6.74. The van der Waals surface area contributed by atoms with E-state index in [0.717, 1.165) is 0 Å². The molecule has 2 aliphatic rings. The lowest BCUT2D eigenvalue weighted by Gasteiger charge is -2.41. The zero-order valence-corrected chi connectivity index (χ0v) is 11.9. The van der Waals surface area contributed by atoms with Gasteiger partial charge in [-0.2, -0.15) is 0 Å². The molecule has 0 aromatic heterocycles. The van der Waals surface area contributed by atoms with Gasteiger partial charge in [-0.1, -0.05) is 0 Å². The smallest absolute Gasteiger partial charge is 0.335 e. The van der Waals surface area contributed by atoms with E-state index in [-0.39, 0.29) is 12.6 Å². The summed E-state index contributed by atoms with van der Waals surface area (Å²) >= 11 is 0. The Labute approximate surface area is 133 Å². The van der Waals surface area contributed by atoms with Crippen molar-refractivity contribution in [2.75, 3.05) is 0 Å². The number of ether oxygens (including phenoxy) is 3. The van der Waals surface area contributed by atoms with E-state index in [2.05, 4.69) is 0 Å². The number of hydrogen-bond acceptors (Lipinski definition) is 11. The summed E-state index contributed by atoms with van der Waals surface area (Å²) in [6, 6.07) is 0. The highest BCUT2D eigenvalue weighted by atomic mass is 16.8. The molecule has 0 spiro atoms. The van der Waals surface area contributed by atoms with Crippen molar-refractivity contribution in [3.63, 3.8) is 0 Å². The fourth-order valence-electron chi connectivity index (χ4n) is 2.43. The van der Waals surface area contributed by atoms with Gasteiger partial charge in [0.2, 0.25) is 0 Å². The molecule has 136 valence electrons. The van der Waals surface area contributed by atoms with Crippen LogP contribution >= 0.6 is 0 Å². The molecular weight excluding hydrogens is 336 g/mol. The number of aldehydes is 2. The number of aliphatic hydroxyl groups is 5. The van der Waals surface area contributed by atoms with Crippen LogP contribution in [0.3, 0.4) is 0 Å². The first-order valence-electron chi connectivity index (χ1n) is 6.74. The van der Waals surface area contributed by atoms with Gasteiger partial charge in [0.1, 0.15) is 36.6 Å². The zero-order valence-electron chi connectivity index (χ0n) is 11.9. The van der Waals surface area contributed by atoms with Crippen molar-refractivity contribution in [2.45, 2.75) is 54.8 Å². The van der Waals surface area contributed by atoms with Crippen molar-refractivity contribution >= 4 is 18.5 Å². The largest absolute Gasteiger partial charge is 0.479 e. The maximum atomic E-state index is 11.3. The Morgan fingerprint density at radius 2 is 1.62 bits per heavy atom. The van der Waals surface area contributed by atoms with Crippen molar-refractivity contribution in [3.05, 3.63) is 0 Å². The van der Waals surface area contributed by atoms with E-state index in [0.29, 0.717) is 0 Å². The van der Waals surface area contributed by atoms with Crippen LogP contribution in [0.25, 0.3) is 0 Å². The summed E-state index contributed by atoms with van der Waals surface area (Å²) in [5.74, 6) is -4.43. The fraction of sp³-hybridized carbons (Fsp3) is 0.750. The molecule has 0 amide bonds. The van der Waals surface area contributed by atoms with Crippen molar-refractivity contribution < 1.29 is 59.2 Å². The second-order valence-electron chi connectivity index (χ2n) is 5.35. The Hall–Kier alpha value is -1.51. The van der Waals surface area contributed by atoms with E-state index in [1.807, 2.05) is 0 Å². The van der Waals surface area contributed by atoms with Gasteiger partial charge in [0, 0.05) is 0 Å². The molecule has 0 radical (unpaired) electrons. The Balaban J connectivity index is 2.25. The summed E-state index contributed by atoms with van der Waals surface area (Å²) in [4.78, 5) is 33.1. The average Bonchev–Trinajstić information content (AvgIpc) is 2.81. The van der Waals surface area contributed by atoms with E-state index >= 15 is 0 Å². The van der Waals surface area contributed by atoms with Crippen LogP contribution in [0.5, 0.6) is 0 Å². The van der Waals surface area contributed by atoms with E-state index < -0.39 is 60.8 Å². The molecule has 2 saturated heterocycles. The number of rotatable bonds is 5. The monoisotopic (exact) mass is 352 g/mol. The minimum absolute atomic E-state index is 0.102. The van der Waals surface area contributed by atoms with Gasteiger partial charge in [-0.05, 0) is 0 Å². The van der Waals surface area contributed by atoms with Crippen LogP contribution in [0, 0.1) is 0 Å². The molecule has 0 unspecified atom stereocenters. The third-order valence-electron chi connectivity index (χ3n) is 3.81. The molecule has 0 bridgehead atoms. The normalized spacial score (nSPS) is 48.9. The van der Waals surface area contributed by atoms with Gasteiger partial charge in [-0.3, -0.25) is 4.79 Å². The minimum Gasteiger partial charge on any atom is -0.479 e. The highest BCUT2D eigenvalue weighted by Gasteiger charge is 2.60. The summed E-state index contributed by atoms with van der Waals surface area (Å²) in [6.45, 7) is 0. The minimum atomic E-state index is -2.73. The summed E-state index contributed by atoms with van der Waals surface area (Å²) in [7, 11) is 0. The Morgan fingerprint density at radius 1 is 1.00 bits per heavy atom. The van der Waals surface area contributed by atoms with Crippen molar-refractivity contribution in [1.29, 1.82) is 0 Å². The maximum absolute atomic E-state index is 11.3. The highest BCUT2D eigenvalue weighted by Crippen LogP contribution is 2.34. The van der Waals surface area contributed by atoms with Crippen LogP contribution in [0.4, 0.5) is 0 Å². The Kier molecular flexibility index (Phi) is 5.31. The molecule has 2 aliphatic heterocycles. The second-order valence-corrected chi connectivity index (χ2v) is 5.35. The highest BCUT2D eigenvalue weighted by molar-refractivity contribution is 5.76. The third kappa shape index (κ3) is 2.94. The molecular formula is C12H16O12. The topological polar surface area (TPSA) is 200 Å². The molecule has 2 rings (SSSR count). The summed E-state index contributed by atoms with van der Waals surface area (Å²) in [5.41, 5.74) is 0. The van der Waals surface area contributed by atoms with E-state index in [1.165, 1.54) is 0 Å². The molecule has 2 fully saturated rings. The molecule has 24 heavy (non-hydrogen) atoms. The number of carbonyl (C=O) groups is 3. The van der Waals surface area contributed by atoms with Crippen molar-refractivity contribution in [2.24, 2.45) is 0 Å². The Morgan fingerprint density at radius 3 is 2.08 bits per heavy atom. The molecule has 0 saturated carbocycles. The number of hydrogen-bond donors (Lipinski definition) is 6. The second kappa shape index (κ2) is 6.78. The lowest BCUT2D eigenvalue weighted by atomic mass is 9.99. The predicted molar refractivity (Wildman–Crippen MR) is 67.1 cm³/mol. The number of aliphatic carboxylic acids is 1. The lowest BCUT2D eigenvalue weighted by Crippen LogP contribution is -2.62. The quantitative estimate of drug-likeness (QED) is 0.258. The summed E-state index contributed by atoms with van der Waals surface area (Å²) < 4.78 is 14.6. The van der Waals surface area contributed by atoms with Crippen molar-refractivity contribution in [1.82, 2.24) is 0 Å². The maximum Gasteiger partial charge on any atom is 0.335 e. The number of carboxylic acid groups (broad SMARTS) is 1. The molecule has 6 N–H and O–H groups in total. The molecule has 12 heteroatoms. The first-order chi connectivity index (χ1) is 11.2. The molecule has 9 atom stereocenters. The van der Waals surface area contributed by atoms with Crippen LogP contribution in [0.15, 0.2) is 0 Å². The van der Waals surface area contributed by atoms with Crippen LogP contribution in [-0.4, -0.2) is 104 Å². The van der Waals surface area contributed by atoms with E-state index in [9.17, 15) is 39.9 Å². The number of aliphatic hydroxyl groups excluding tert-OH is 5. The van der Waals surface area contributed by atoms with Gasteiger partial charge in [0.25, 0.3) is 5.79 Å². The number of carboxylic acids is 1. The van der Waals surface area contributed by atoms with E-state index in [1.54, 1.807) is 0 Å². The third-order valence-corrected chi connectivity index (χ3v) is 3.81. The standard InChI is InChI=1S/C12H16O12/c13-1-3-4(15)5(16)6(17)11(22-3)24-12(2-14)9(19)7(18)8(23-12)10(20)21/h1-9,11,15-19H,(H,20,21)/t3-,4-,5+,6-,7-,8+,9+,11-,12+/m1/s1. The van der Waals surface area contributed by atoms with Gasteiger partial charge in [-0.25, -0.2) is 4.79 Å². The van der Waals surface area contributed by atoms with Gasteiger partial charge < -0.3 is 49.6 Å². The molecule has 2 heterocycles.